The molecule has 0 aliphatic carbocycles. The van der Waals surface area contributed by atoms with Crippen LogP contribution in [-0.4, -0.2) is 34.3 Å². The van der Waals surface area contributed by atoms with Gasteiger partial charge in [0.25, 0.3) is 0 Å². The quantitative estimate of drug-likeness (QED) is 0.365. The van der Waals surface area contributed by atoms with E-state index in [0.717, 1.165) is 35.0 Å². The van der Waals surface area contributed by atoms with Crippen LogP contribution in [0.4, 0.5) is 15.9 Å². The Morgan fingerprint density at radius 1 is 1.03 bits per heavy atom. The minimum absolute atomic E-state index is 0.131. The van der Waals surface area contributed by atoms with E-state index >= 15 is 0 Å². The topological polar surface area (TPSA) is 101 Å². The summed E-state index contributed by atoms with van der Waals surface area (Å²) in [5.74, 6) is 2.95. The summed E-state index contributed by atoms with van der Waals surface area (Å²) in [5.41, 5.74) is 2.96. The van der Waals surface area contributed by atoms with Crippen LogP contribution in [-0.2, 0) is 0 Å². The maximum absolute atomic E-state index is 13.5. The smallest absolute Gasteiger partial charge is 0.237 e. The van der Waals surface area contributed by atoms with E-state index in [0.29, 0.717) is 23.2 Å². The lowest BCUT2D eigenvalue weighted by Gasteiger charge is -2.37. The molecule has 1 unspecified atom stereocenters. The molecule has 36 heavy (non-hydrogen) atoms. The SMILES string of the molecule is CCC1c2nnc(C)n2-c2cnc(-n3ccnc3-c3ccc(F)cc3)nc2N1c1ccc(C#N)cc1. The first-order valence-corrected chi connectivity index (χ1v) is 11.5. The molecule has 1 aliphatic heterocycles. The molecule has 176 valence electrons. The van der Waals surface area contributed by atoms with Crippen molar-refractivity contribution in [2.75, 3.05) is 4.90 Å². The highest BCUT2D eigenvalue weighted by atomic mass is 19.1. The summed E-state index contributed by atoms with van der Waals surface area (Å²) >= 11 is 0. The fourth-order valence-electron chi connectivity index (χ4n) is 4.61. The van der Waals surface area contributed by atoms with Crippen LogP contribution in [0.3, 0.4) is 0 Å². The van der Waals surface area contributed by atoms with Crippen LogP contribution in [0.15, 0.2) is 67.1 Å². The Morgan fingerprint density at radius 2 is 1.81 bits per heavy atom. The van der Waals surface area contributed by atoms with E-state index in [1.807, 2.05) is 23.6 Å². The Bertz CT molecular complexity index is 1610. The van der Waals surface area contributed by atoms with Crippen molar-refractivity contribution in [2.24, 2.45) is 0 Å². The van der Waals surface area contributed by atoms with Crippen LogP contribution in [0.25, 0.3) is 23.0 Å². The number of hydrogen-bond acceptors (Lipinski definition) is 7. The first-order valence-electron chi connectivity index (χ1n) is 11.5. The molecule has 4 heterocycles. The van der Waals surface area contributed by atoms with Crippen LogP contribution < -0.4 is 4.90 Å². The summed E-state index contributed by atoms with van der Waals surface area (Å²) < 4.78 is 17.3. The van der Waals surface area contributed by atoms with Crippen LogP contribution in [0.5, 0.6) is 0 Å². The predicted molar refractivity (Wildman–Crippen MR) is 131 cm³/mol. The van der Waals surface area contributed by atoms with E-state index in [-0.39, 0.29) is 11.9 Å². The number of rotatable bonds is 4. The van der Waals surface area contributed by atoms with E-state index < -0.39 is 0 Å². The highest BCUT2D eigenvalue weighted by molar-refractivity contribution is 5.72. The first-order chi connectivity index (χ1) is 17.6. The van der Waals surface area contributed by atoms with Gasteiger partial charge in [-0.1, -0.05) is 6.92 Å². The minimum atomic E-state index is -0.314. The van der Waals surface area contributed by atoms with Gasteiger partial charge in [0.05, 0.1) is 23.9 Å². The van der Waals surface area contributed by atoms with Gasteiger partial charge in [-0.05, 0) is 61.9 Å². The largest absolute Gasteiger partial charge is 0.314 e. The van der Waals surface area contributed by atoms with Crippen LogP contribution >= 0.6 is 0 Å². The average molecular weight is 478 g/mol. The van der Waals surface area contributed by atoms with Gasteiger partial charge in [-0.2, -0.15) is 10.2 Å². The fraction of sp³-hybridized carbons (Fsp3) is 0.154. The molecule has 0 bridgehead atoms. The van der Waals surface area contributed by atoms with E-state index in [1.165, 1.54) is 12.1 Å². The lowest BCUT2D eigenvalue weighted by molar-refractivity contribution is 0.586. The second-order valence-electron chi connectivity index (χ2n) is 8.40. The van der Waals surface area contributed by atoms with Gasteiger partial charge in [0, 0.05) is 23.6 Å². The van der Waals surface area contributed by atoms with Crippen molar-refractivity contribution in [3.8, 4) is 29.1 Å². The second-order valence-corrected chi connectivity index (χ2v) is 8.40. The van der Waals surface area contributed by atoms with Crippen LogP contribution in [0.2, 0.25) is 0 Å². The lowest BCUT2D eigenvalue weighted by Crippen LogP contribution is -2.33. The van der Waals surface area contributed by atoms with E-state index in [9.17, 15) is 9.65 Å². The van der Waals surface area contributed by atoms with Gasteiger partial charge >= 0.3 is 0 Å². The highest BCUT2D eigenvalue weighted by Crippen LogP contribution is 2.43. The Balaban J connectivity index is 1.55. The minimum Gasteiger partial charge on any atom is -0.314 e. The summed E-state index contributed by atoms with van der Waals surface area (Å²) in [6.45, 7) is 3.99. The fourth-order valence-corrected chi connectivity index (χ4v) is 4.61. The summed E-state index contributed by atoms with van der Waals surface area (Å²) in [5, 5.41) is 18.1. The van der Waals surface area contributed by atoms with Gasteiger partial charge in [0.1, 0.15) is 23.2 Å². The molecule has 2 aromatic carbocycles. The van der Waals surface area contributed by atoms with E-state index in [4.69, 9.17) is 4.98 Å². The molecule has 0 spiro atoms. The number of hydrogen-bond donors (Lipinski definition) is 0. The number of halogens is 1. The van der Waals surface area contributed by atoms with Crippen molar-refractivity contribution < 1.29 is 4.39 Å². The zero-order valence-corrected chi connectivity index (χ0v) is 19.5. The maximum Gasteiger partial charge on any atom is 0.237 e. The summed E-state index contributed by atoms with van der Waals surface area (Å²) in [6, 6.07) is 15.6. The van der Waals surface area contributed by atoms with Crippen molar-refractivity contribution in [3.05, 3.63) is 90.2 Å². The number of benzene rings is 2. The first kappa shape index (κ1) is 21.6. The number of aromatic nitrogens is 7. The summed E-state index contributed by atoms with van der Waals surface area (Å²) in [6.07, 6.45) is 5.95. The highest BCUT2D eigenvalue weighted by Gasteiger charge is 2.36. The molecule has 0 saturated heterocycles. The second kappa shape index (κ2) is 8.39. The number of anilines is 2. The molecular formula is C26H20FN9. The zero-order chi connectivity index (χ0) is 24.8. The third kappa shape index (κ3) is 3.32. The molecule has 0 N–H and O–H groups in total. The molecule has 0 radical (unpaired) electrons. The molecular weight excluding hydrogens is 457 g/mol. The zero-order valence-electron chi connectivity index (χ0n) is 19.5. The van der Waals surface area contributed by atoms with Gasteiger partial charge in [0.15, 0.2) is 11.6 Å². The van der Waals surface area contributed by atoms with Crippen LogP contribution in [0.1, 0.15) is 36.6 Å². The van der Waals surface area contributed by atoms with Gasteiger partial charge in [-0.3, -0.25) is 9.13 Å². The average Bonchev–Trinajstić information content (AvgIpc) is 3.55. The Hall–Kier alpha value is -4.91. The normalized spacial score (nSPS) is 14.3. The van der Waals surface area contributed by atoms with Crippen molar-refractivity contribution in [3.63, 3.8) is 0 Å². The van der Waals surface area contributed by atoms with Gasteiger partial charge < -0.3 is 4.90 Å². The number of imidazole rings is 1. The monoisotopic (exact) mass is 477 g/mol. The van der Waals surface area contributed by atoms with Crippen molar-refractivity contribution in [1.29, 1.82) is 5.26 Å². The molecule has 6 rings (SSSR count). The third-order valence-corrected chi connectivity index (χ3v) is 6.29. The molecule has 1 atom stereocenters. The molecule has 1 aliphatic rings. The maximum atomic E-state index is 13.5. The molecule has 3 aromatic heterocycles. The Morgan fingerprint density at radius 3 is 2.53 bits per heavy atom. The van der Waals surface area contributed by atoms with Gasteiger partial charge in [-0.15, -0.1) is 10.2 Å². The molecule has 0 fully saturated rings. The third-order valence-electron chi connectivity index (χ3n) is 6.29. The number of aryl methyl sites for hydroxylation is 1. The lowest BCUT2D eigenvalue weighted by atomic mass is 10.1. The summed E-state index contributed by atoms with van der Waals surface area (Å²) in [7, 11) is 0. The standard InChI is InChI=1S/C26H20FN9/c1-3-21-25-33-32-16(2)35(25)22-15-30-26(31-24(22)36(21)20-10-4-17(14-28)5-11-20)34-13-12-29-23(34)18-6-8-19(27)9-7-18/h4-13,15,21H,3H2,1-2H3. The summed E-state index contributed by atoms with van der Waals surface area (Å²) in [4.78, 5) is 16.2. The van der Waals surface area contributed by atoms with Gasteiger partial charge in [0.2, 0.25) is 5.95 Å². The Labute approximate surface area is 206 Å². The van der Waals surface area contributed by atoms with E-state index in [2.05, 4.69) is 38.1 Å². The van der Waals surface area contributed by atoms with E-state index in [1.54, 1.807) is 47.4 Å². The van der Waals surface area contributed by atoms with Crippen molar-refractivity contribution >= 4 is 11.5 Å². The molecule has 0 amide bonds. The van der Waals surface area contributed by atoms with Crippen LogP contribution in [0, 0.1) is 24.1 Å². The number of nitrogens with zero attached hydrogens (tertiary/aromatic N) is 9. The number of nitriles is 1. The Kier molecular flexibility index (Phi) is 5.04. The van der Waals surface area contributed by atoms with Gasteiger partial charge in [-0.25, -0.2) is 14.4 Å². The molecule has 9 nitrogen and oxygen atoms in total. The molecule has 0 saturated carbocycles. The van der Waals surface area contributed by atoms with Crippen molar-refractivity contribution in [1.82, 2.24) is 34.3 Å². The predicted octanol–water partition coefficient (Wildman–Crippen LogP) is 4.83. The molecule has 10 heteroatoms. The van der Waals surface area contributed by atoms with Crippen molar-refractivity contribution in [2.45, 2.75) is 26.3 Å². The molecule has 5 aromatic rings. The number of fused-ring (bicyclic) bond motifs is 3.